The van der Waals surface area contributed by atoms with Gasteiger partial charge in [-0.1, -0.05) is 19.3 Å². The molecule has 0 aromatic heterocycles. The molecule has 1 N–H and O–H groups in total. The van der Waals surface area contributed by atoms with Crippen molar-refractivity contribution in [2.24, 2.45) is 5.92 Å². The van der Waals surface area contributed by atoms with E-state index in [4.69, 9.17) is 4.74 Å². The van der Waals surface area contributed by atoms with Crippen LogP contribution in [0.2, 0.25) is 0 Å². The van der Waals surface area contributed by atoms with E-state index in [0.29, 0.717) is 12.3 Å². The van der Waals surface area contributed by atoms with Gasteiger partial charge in [-0.05, 0) is 46.5 Å². The second kappa shape index (κ2) is 5.92. The third-order valence-electron chi connectivity index (χ3n) is 4.51. The average molecular weight is 267 g/mol. The van der Waals surface area contributed by atoms with Crippen molar-refractivity contribution in [1.82, 2.24) is 5.32 Å². The number of ether oxygens (including phenoxy) is 1. The second-order valence-corrected chi connectivity index (χ2v) is 7.35. The summed E-state index contributed by atoms with van der Waals surface area (Å²) in [5, 5.41) is 3.32. The molecule has 1 aliphatic heterocycles. The Balaban J connectivity index is 1.88. The topological polar surface area (TPSA) is 38.3 Å². The van der Waals surface area contributed by atoms with Crippen LogP contribution in [0.3, 0.4) is 0 Å². The molecule has 1 unspecified atom stereocenters. The Hall–Kier alpha value is -0.410. The lowest BCUT2D eigenvalue weighted by Gasteiger charge is -2.43. The van der Waals surface area contributed by atoms with E-state index in [1.54, 1.807) is 0 Å². The number of carbonyl (C=O) groups excluding carboxylic acids is 1. The lowest BCUT2D eigenvalue weighted by Crippen LogP contribution is -2.46. The van der Waals surface area contributed by atoms with Crippen molar-refractivity contribution in [2.45, 2.75) is 76.9 Å². The molecule has 0 radical (unpaired) electrons. The van der Waals surface area contributed by atoms with Gasteiger partial charge >= 0.3 is 0 Å². The van der Waals surface area contributed by atoms with E-state index in [9.17, 15) is 4.79 Å². The highest BCUT2D eigenvalue weighted by atomic mass is 16.5. The number of nitrogens with one attached hydrogen (secondary N) is 1. The van der Waals surface area contributed by atoms with Crippen LogP contribution in [0, 0.1) is 5.92 Å². The maximum Gasteiger partial charge on any atom is 0.149 e. The van der Waals surface area contributed by atoms with Crippen LogP contribution in [-0.2, 0) is 9.53 Å². The molecule has 1 heterocycles. The monoisotopic (exact) mass is 267 g/mol. The molecule has 110 valence electrons. The predicted octanol–water partition coefficient (Wildman–Crippen LogP) is 3.07. The minimum absolute atomic E-state index is 0.0172. The first-order valence-corrected chi connectivity index (χ1v) is 7.82. The highest BCUT2D eigenvalue weighted by molar-refractivity contribution is 5.83. The van der Waals surface area contributed by atoms with Crippen molar-refractivity contribution in [1.29, 1.82) is 0 Å². The number of hydrogen-bond donors (Lipinski definition) is 1. The van der Waals surface area contributed by atoms with Gasteiger partial charge in [0.15, 0.2) is 0 Å². The van der Waals surface area contributed by atoms with Crippen molar-refractivity contribution >= 4 is 5.78 Å². The van der Waals surface area contributed by atoms with Gasteiger partial charge in [-0.2, -0.15) is 0 Å². The number of ketones is 1. The first-order valence-electron chi connectivity index (χ1n) is 7.82. The molecule has 19 heavy (non-hydrogen) atoms. The summed E-state index contributed by atoms with van der Waals surface area (Å²) in [7, 11) is 0. The van der Waals surface area contributed by atoms with Crippen molar-refractivity contribution in [3.63, 3.8) is 0 Å². The Morgan fingerprint density at radius 2 is 1.95 bits per heavy atom. The second-order valence-electron chi connectivity index (χ2n) is 7.35. The summed E-state index contributed by atoms with van der Waals surface area (Å²) in [5.41, 5.74) is 0.0575. The van der Waals surface area contributed by atoms with E-state index in [1.165, 1.54) is 19.3 Å². The Morgan fingerprint density at radius 1 is 1.26 bits per heavy atom. The molecule has 1 saturated carbocycles. The minimum atomic E-state index is 0.0172. The van der Waals surface area contributed by atoms with E-state index < -0.39 is 0 Å². The van der Waals surface area contributed by atoms with Gasteiger partial charge in [-0.3, -0.25) is 4.79 Å². The molecule has 0 aromatic rings. The number of Topliss-reactive ketones (excluding diaryl/α,β-unsaturated/α-hetero) is 1. The number of rotatable bonds is 3. The van der Waals surface area contributed by atoms with Gasteiger partial charge in [-0.25, -0.2) is 0 Å². The van der Waals surface area contributed by atoms with Gasteiger partial charge in [-0.15, -0.1) is 0 Å². The van der Waals surface area contributed by atoms with Gasteiger partial charge in [0.1, 0.15) is 5.78 Å². The summed E-state index contributed by atoms with van der Waals surface area (Å²) in [6, 6.07) is 0. The predicted molar refractivity (Wildman–Crippen MR) is 77.3 cm³/mol. The van der Waals surface area contributed by atoms with Crippen LogP contribution in [0.15, 0.2) is 0 Å². The van der Waals surface area contributed by atoms with Crippen molar-refractivity contribution in [3.05, 3.63) is 0 Å². The Morgan fingerprint density at radius 3 is 2.58 bits per heavy atom. The molecular formula is C16H29NO2. The summed E-state index contributed by atoms with van der Waals surface area (Å²) in [5.74, 6) is 0.588. The lowest BCUT2D eigenvalue weighted by molar-refractivity contribution is -0.142. The highest BCUT2D eigenvalue weighted by Gasteiger charge is 2.40. The fraction of sp³-hybridized carbons (Fsp3) is 0.938. The summed E-state index contributed by atoms with van der Waals surface area (Å²) in [6.45, 7) is 7.59. The highest BCUT2D eigenvalue weighted by Crippen LogP contribution is 2.40. The normalized spacial score (nSPS) is 27.4. The standard InChI is InChI=1S/C16H29NO2/c1-15(2,3)17-12-14(18)13-7-10-19-16(11-13)8-5-4-6-9-16/h13,17H,4-12H2,1-3H3. The van der Waals surface area contributed by atoms with Crippen LogP contribution in [0.1, 0.15) is 65.7 Å². The Labute approximate surface area is 117 Å². The van der Waals surface area contributed by atoms with Gasteiger partial charge in [0.2, 0.25) is 0 Å². The fourth-order valence-electron chi connectivity index (χ4n) is 3.34. The molecule has 0 amide bonds. The smallest absolute Gasteiger partial charge is 0.149 e. The third kappa shape index (κ3) is 4.28. The van der Waals surface area contributed by atoms with Crippen molar-refractivity contribution in [2.75, 3.05) is 13.2 Å². The van der Waals surface area contributed by atoms with Gasteiger partial charge < -0.3 is 10.1 Å². The molecule has 0 aromatic carbocycles. The third-order valence-corrected chi connectivity index (χ3v) is 4.51. The van der Waals surface area contributed by atoms with Crippen LogP contribution in [0.5, 0.6) is 0 Å². The van der Waals surface area contributed by atoms with E-state index in [0.717, 1.165) is 32.3 Å². The maximum atomic E-state index is 12.4. The fourth-order valence-corrected chi connectivity index (χ4v) is 3.34. The van der Waals surface area contributed by atoms with Gasteiger partial charge in [0, 0.05) is 18.1 Å². The van der Waals surface area contributed by atoms with Crippen LogP contribution in [0.4, 0.5) is 0 Å². The SMILES string of the molecule is CC(C)(C)NCC(=O)C1CCOC2(CCCCC2)C1. The summed E-state index contributed by atoms with van der Waals surface area (Å²) < 4.78 is 6.06. The molecule has 2 rings (SSSR count). The molecular weight excluding hydrogens is 238 g/mol. The quantitative estimate of drug-likeness (QED) is 0.854. The Bertz CT molecular complexity index is 308. The zero-order chi connectivity index (χ0) is 13.9. The molecule has 1 spiro atoms. The summed E-state index contributed by atoms with van der Waals surface area (Å²) >= 11 is 0. The van der Waals surface area contributed by atoms with Crippen LogP contribution in [-0.4, -0.2) is 30.1 Å². The van der Waals surface area contributed by atoms with Gasteiger partial charge in [0.25, 0.3) is 0 Å². The van der Waals surface area contributed by atoms with E-state index in [1.807, 2.05) is 0 Å². The van der Waals surface area contributed by atoms with Crippen molar-refractivity contribution in [3.8, 4) is 0 Å². The average Bonchev–Trinajstić information content (AvgIpc) is 2.36. The molecule has 3 heteroatoms. The molecule has 2 aliphatic rings. The Kier molecular flexibility index (Phi) is 4.67. The van der Waals surface area contributed by atoms with E-state index in [-0.39, 0.29) is 17.1 Å². The van der Waals surface area contributed by atoms with E-state index in [2.05, 4.69) is 26.1 Å². The van der Waals surface area contributed by atoms with Crippen molar-refractivity contribution < 1.29 is 9.53 Å². The van der Waals surface area contributed by atoms with Crippen LogP contribution in [0.25, 0.3) is 0 Å². The minimum Gasteiger partial charge on any atom is -0.375 e. The largest absolute Gasteiger partial charge is 0.375 e. The molecule has 3 nitrogen and oxygen atoms in total. The maximum absolute atomic E-state index is 12.4. The molecule has 2 fully saturated rings. The zero-order valence-electron chi connectivity index (χ0n) is 12.8. The summed E-state index contributed by atoms with van der Waals surface area (Å²) in [4.78, 5) is 12.4. The lowest BCUT2D eigenvalue weighted by atomic mass is 9.75. The van der Waals surface area contributed by atoms with E-state index >= 15 is 0 Å². The zero-order valence-corrected chi connectivity index (χ0v) is 12.8. The molecule has 1 saturated heterocycles. The van der Waals surface area contributed by atoms with Crippen LogP contribution < -0.4 is 5.32 Å². The molecule has 1 atom stereocenters. The molecule has 1 aliphatic carbocycles. The first kappa shape index (κ1) is 15.0. The summed E-state index contributed by atoms with van der Waals surface area (Å²) in [6.07, 6.45) is 8.04. The first-order chi connectivity index (χ1) is 8.90. The number of hydrogen-bond acceptors (Lipinski definition) is 3. The van der Waals surface area contributed by atoms with Gasteiger partial charge in [0.05, 0.1) is 12.1 Å². The molecule has 0 bridgehead atoms. The number of carbonyl (C=O) groups is 1. The van der Waals surface area contributed by atoms with Crippen LogP contribution >= 0.6 is 0 Å².